The summed E-state index contributed by atoms with van der Waals surface area (Å²) < 4.78 is 51.6. The van der Waals surface area contributed by atoms with E-state index in [0.717, 1.165) is 44.9 Å². The van der Waals surface area contributed by atoms with Gasteiger partial charge in [0.25, 0.3) is 5.91 Å². The number of fused-ring (bicyclic) bond motifs is 9. The first-order valence-electron chi connectivity index (χ1n) is 16.1. The van der Waals surface area contributed by atoms with Gasteiger partial charge in [-0.25, -0.2) is 0 Å². The van der Waals surface area contributed by atoms with E-state index in [2.05, 4.69) is 10.3 Å². The molecule has 3 fully saturated rings. The molecule has 6 unspecified atom stereocenters. The quantitative estimate of drug-likeness (QED) is 0.210. The summed E-state index contributed by atoms with van der Waals surface area (Å²) in [6, 6.07) is 17.3. The molecule has 2 aliphatic carbocycles. The highest BCUT2D eigenvalue weighted by atomic mass is 32.2. The number of thioether (sulfide) groups is 1. The van der Waals surface area contributed by atoms with Crippen LogP contribution in [0, 0.1) is 36.5 Å². The summed E-state index contributed by atoms with van der Waals surface area (Å²) in [5, 5.41) is 3.02. The lowest BCUT2D eigenvalue weighted by atomic mass is 9.68. The third-order valence-electron chi connectivity index (χ3n) is 10.4. The molecule has 2 N–H and O–H groups in total. The van der Waals surface area contributed by atoms with Crippen LogP contribution in [0.5, 0.6) is 11.5 Å². The fraction of sp³-hybridized carbons (Fsp3) is 0.333. The summed E-state index contributed by atoms with van der Waals surface area (Å²) in [7, 11) is 1.44. The first kappa shape index (κ1) is 32.6. The van der Waals surface area contributed by atoms with E-state index in [-0.39, 0.29) is 57.0 Å². The van der Waals surface area contributed by atoms with Crippen molar-refractivity contribution in [3.63, 3.8) is 0 Å². The van der Waals surface area contributed by atoms with Gasteiger partial charge in [0.2, 0.25) is 11.8 Å². The number of carbonyl (C=O) groups excluding carboxylic acids is 3. The van der Waals surface area contributed by atoms with Crippen LogP contribution in [0.25, 0.3) is 0 Å². The minimum atomic E-state index is -4.64. The maximum Gasteiger partial charge on any atom is 0.418 e. The first-order valence-corrected chi connectivity index (χ1v) is 17.7. The van der Waals surface area contributed by atoms with Crippen LogP contribution in [0.2, 0.25) is 0 Å². The molecular weight excluding hydrogens is 692 g/mol. The molecule has 4 aromatic rings. The van der Waals surface area contributed by atoms with E-state index in [1.165, 1.54) is 30.2 Å². The summed E-state index contributed by atoms with van der Waals surface area (Å²) in [4.78, 5) is 58.2. The topological polar surface area (TPSA) is 118 Å². The van der Waals surface area contributed by atoms with Crippen molar-refractivity contribution in [2.45, 2.75) is 35.7 Å². The Kier molecular flexibility index (Phi) is 7.86. The standard InChI is InChI=1S/C36H30F3N3O6S2/c1-16-7-10-18(11-8-16)42-33(44)28-19-14-20(29(28)34(42)45)30-27(19)26(31-32(49-30)41-35(46)50-31)17-9-12-23(24(13-17)47-2)48-15-25(43)40-22-6-4-3-5-21(22)36(37,38)39/h3-13,19-20,26-30H,14-15H2,1-2H3,(H,40,43)(H,41,46)/t19?,20?,26-,27?,28?,29?,30?/m1/s1. The number of nitrogens with one attached hydrogen (secondary N) is 2. The third-order valence-corrected chi connectivity index (χ3v) is 13.0. The maximum absolute atomic E-state index is 14.0. The average molecular weight is 722 g/mol. The monoisotopic (exact) mass is 721 g/mol. The number of nitrogens with zero attached hydrogens (tertiary/aromatic N) is 1. The van der Waals surface area contributed by atoms with Crippen LogP contribution in [0.1, 0.15) is 33.9 Å². The van der Waals surface area contributed by atoms with Gasteiger partial charge in [0.05, 0.1) is 40.9 Å². The molecule has 1 aromatic heterocycles. The van der Waals surface area contributed by atoms with Gasteiger partial charge < -0.3 is 19.8 Å². The molecule has 2 saturated carbocycles. The number of para-hydroxylation sites is 1. The molecule has 0 spiro atoms. The summed E-state index contributed by atoms with van der Waals surface area (Å²) in [5.74, 6) is -1.96. The van der Waals surface area contributed by atoms with Crippen LogP contribution in [0.3, 0.4) is 0 Å². The van der Waals surface area contributed by atoms with Gasteiger partial charge in [-0.1, -0.05) is 47.2 Å². The lowest BCUT2D eigenvalue weighted by Crippen LogP contribution is -2.42. The Hall–Kier alpha value is -4.56. The Labute approximate surface area is 292 Å². The molecule has 50 heavy (non-hydrogen) atoms. The van der Waals surface area contributed by atoms with E-state index in [4.69, 9.17) is 9.47 Å². The van der Waals surface area contributed by atoms with Gasteiger partial charge in [0, 0.05) is 16.0 Å². The number of carbonyl (C=O) groups is 3. The van der Waals surface area contributed by atoms with E-state index in [0.29, 0.717) is 11.4 Å². The lowest BCUT2D eigenvalue weighted by molar-refractivity contribution is -0.137. The molecule has 1 saturated heterocycles. The molecule has 0 radical (unpaired) electrons. The molecule has 3 heterocycles. The van der Waals surface area contributed by atoms with Crippen molar-refractivity contribution >= 4 is 52.2 Å². The van der Waals surface area contributed by atoms with Crippen molar-refractivity contribution in [2.24, 2.45) is 29.6 Å². The predicted octanol–water partition coefficient (Wildman–Crippen LogP) is 6.47. The fourth-order valence-electron chi connectivity index (χ4n) is 8.50. The second kappa shape index (κ2) is 12.0. The second-order valence-electron chi connectivity index (χ2n) is 13.1. The number of amides is 3. The number of aryl methyl sites for hydroxylation is 1. The Morgan fingerprint density at radius 1 is 0.980 bits per heavy atom. The molecule has 7 atom stereocenters. The number of ether oxygens (including phenoxy) is 2. The Balaban J connectivity index is 1.07. The van der Waals surface area contributed by atoms with Crippen LogP contribution < -0.4 is 24.6 Å². The highest BCUT2D eigenvalue weighted by Crippen LogP contribution is 2.68. The molecular formula is C36H30F3N3O6S2. The molecule has 8 rings (SSSR count). The largest absolute Gasteiger partial charge is 0.493 e. The summed E-state index contributed by atoms with van der Waals surface area (Å²) >= 11 is 2.72. The molecule has 4 aliphatic rings. The number of hydrogen-bond donors (Lipinski definition) is 2. The molecule has 9 nitrogen and oxygen atoms in total. The van der Waals surface area contributed by atoms with Gasteiger partial charge in [-0.3, -0.25) is 24.1 Å². The summed E-state index contributed by atoms with van der Waals surface area (Å²) in [6.45, 7) is 1.38. The number of H-pyrrole nitrogens is 1. The average Bonchev–Trinajstić information content (AvgIpc) is 3.82. The summed E-state index contributed by atoms with van der Waals surface area (Å²) in [6.07, 6.45) is -3.91. The number of methoxy groups -OCH3 is 1. The van der Waals surface area contributed by atoms with Crippen LogP contribution in [-0.2, 0) is 20.6 Å². The van der Waals surface area contributed by atoms with Crippen molar-refractivity contribution < 1.29 is 37.0 Å². The Morgan fingerprint density at radius 2 is 1.70 bits per heavy atom. The Bertz CT molecular complexity index is 2100. The van der Waals surface area contributed by atoms with Crippen LogP contribution in [-0.4, -0.2) is 41.7 Å². The summed E-state index contributed by atoms with van der Waals surface area (Å²) in [5.41, 5.74) is 1.08. The number of aromatic nitrogens is 1. The minimum absolute atomic E-state index is 0.0103. The van der Waals surface area contributed by atoms with E-state index in [1.807, 2.05) is 37.3 Å². The number of anilines is 2. The lowest BCUT2D eigenvalue weighted by Gasteiger charge is -2.43. The van der Waals surface area contributed by atoms with Crippen molar-refractivity contribution in [3.05, 3.63) is 98.0 Å². The number of alkyl halides is 3. The van der Waals surface area contributed by atoms with Gasteiger partial charge in [-0.15, -0.1) is 11.8 Å². The fourth-order valence-corrected chi connectivity index (χ4v) is 11.4. The van der Waals surface area contributed by atoms with E-state index < -0.39 is 36.1 Å². The van der Waals surface area contributed by atoms with Crippen LogP contribution in [0.15, 0.2) is 76.6 Å². The van der Waals surface area contributed by atoms with Gasteiger partial charge >= 0.3 is 11.0 Å². The van der Waals surface area contributed by atoms with Gasteiger partial charge in [0.1, 0.15) is 0 Å². The SMILES string of the molecule is COc1cc([C@H]2c3sc(=O)[nH]c3SC3C4CC(C5C(=O)N(c6ccc(C)cc6)C(=O)C45)C32)ccc1OCC(=O)Nc1ccccc1C(F)(F)F. The predicted molar refractivity (Wildman–Crippen MR) is 181 cm³/mol. The van der Waals surface area contributed by atoms with Crippen LogP contribution in [0.4, 0.5) is 24.5 Å². The van der Waals surface area contributed by atoms with E-state index >= 15 is 0 Å². The zero-order chi connectivity index (χ0) is 35.1. The van der Waals surface area contributed by atoms with E-state index in [1.54, 1.807) is 23.9 Å². The number of imide groups is 1. The van der Waals surface area contributed by atoms with Gasteiger partial charge in [-0.05, 0) is 73.1 Å². The molecule has 2 bridgehead atoms. The molecule has 3 aromatic carbocycles. The number of thiazole rings is 1. The van der Waals surface area contributed by atoms with Crippen molar-refractivity contribution in [1.82, 2.24) is 4.98 Å². The smallest absolute Gasteiger partial charge is 0.418 e. The van der Waals surface area contributed by atoms with Crippen LogP contribution >= 0.6 is 23.1 Å². The zero-order valence-electron chi connectivity index (χ0n) is 26.7. The highest BCUT2D eigenvalue weighted by molar-refractivity contribution is 8.00. The number of aromatic amines is 1. The normalized spacial score (nSPS) is 26.4. The number of rotatable bonds is 7. The highest BCUT2D eigenvalue weighted by Gasteiger charge is 2.69. The number of halogens is 3. The minimum Gasteiger partial charge on any atom is -0.493 e. The maximum atomic E-state index is 14.0. The molecule has 3 amide bonds. The number of benzene rings is 3. The zero-order valence-corrected chi connectivity index (χ0v) is 28.3. The number of hydrogen-bond acceptors (Lipinski definition) is 8. The molecule has 14 heteroatoms. The van der Waals surface area contributed by atoms with E-state index in [9.17, 15) is 32.3 Å². The van der Waals surface area contributed by atoms with Crippen molar-refractivity contribution in [1.29, 1.82) is 0 Å². The first-order chi connectivity index (χ1) is 23.9. The van der Waals surface area contributed by atoms with Crippen molar-refractivity contribution in [2.75, 3.05) is 23.9 Å². The second-order valence-corrected chi connectivity index (χ2v) is 15.3. The van der Waals surface area contributed by atoms with Crippen molar-refractivity contribution in [3.8, 4) is 11.5 Å². The van der Waals surface area contributed by atoms with Gasteiger partial charge in [-0.2, -0.15) is 13.2 Å². The van der Waals surface area contributed by atoms with Gasteiger partial charge in [0.15, 0.2) is 18.1 Å². The molecule has 258 valence electrons. The Morgan fingerprint density at radius 3 is 2.42 bits per heavy atom. The molecule has 2 aliphatic heterocycles. The third kappa shape index (κ3) is 5.22.